The van der Waals surface area contributed by atoms with Crippen molar-refractivity contribution in [3.05, 3.63) is 0 Å². The fourth-order valence-electron chi connectivity index (χ4n) is 2.23. The zero-order valence-corrected chi connectivity index (χ0v) is 11.4. The molecule has 5 heteroatoms. The molecular formula is C13H22O5. The zero-order chi connectivity index (χ0) is 13.6. The van der Waals surface area contributed by atoms with Gasteiger partial charge in [0.25, 0.3) is 0 Å². The maximum atomic E-state index is 12.0. The van der Waals surface area contributed by atoms with Gasteiger partial charge in [-0.15, -0.1) is 0 Å². The molecule has 104 valence electrons. The monoisotopic (exact) mass is 258 g/mol. The van der Waals surface area contributed by atoms with Gasteiger partial charge in [0.1, 0.15) is 0 Å². The van der Waals surface area contributed by atoms with Gasteiger partial charge in [0.15, 0.2) is 5.60 Å². The van der Waals surface area contributed by atoms with Crippen molar-refractivity contribution in [2.24, 2.45) is 5.92 Å². The summed E-state index contributed by atoms with van der Waals surface area (Å²) in [5.74, 6) is -0.855. The highest BCUT2D eigenvalue weighted by atomic mass is 16.6. The minimum atomic E-state index is -1.03. The predicted octanol–water partition coefficient (Wildman–Crippen LogP) is 1.69. The van der Waals surface area contributed by atoms with Crippen LogP contribution in [0.2, 0.25) is 0 Å². The van der Waals surface area contributed by atoms with Crippen LogP contribution in [0.25, 0.3) is 0 Å². The number of rotatable bonds is 5. The summed E-state index contributed by atoms with van der Waals surface area (Å²) < 4.78 is 15.6. The third-order valence-electron chi connectivity index (χ3n) is 3.28. The average Bonchev–Trinajstić information content (AvgIpc) is 2.33. The molecule has 5 nitrogen and oxygen atoms in total. The van der Waals surface area contributed by atoms with Crippen molar-refractivity contribution in [1.82, 2.24) is 0 Å². The average molecular weight is 258 g/mol. The Kier molecular flexibility index (Phi) is 5.59. The summed E-state index contributed by atoms with van der Waals surface area (Å²) in [5, 5.41) is 0. The molecule has 0 unspecified atom stereocenters. The Hall–Kier alpha value is -1.10. The van der Waals surface area contributed by atoms with E-state index in [0.29, 0.717) is 19.8 Å². The number of ether oxygens (including phenoxy) is 3. The lowest BCUT2D eigenvalue weighted by atomic mass is 9.81. The van der Waals surface area contributed by atoms with Crippen LogP contribution in [-0.4, -0.2) is 37.4 Å². The second-order valence-electron chi connectivity index (χ2n) is 4.52. The molecule has 1 saturated heterocycles. The lowest BCUT2D eigenvalue weighted by molar-refractivity contribution is -0.187. The van der Waals surface area contributed by atoms with Crippen molar-refractivity contribution in [3.63, 3.8) is 0 Å². The predicted molar refractivity (Wildman–Crippen MR) is 65.0 cm³/mol. The minimum absolute atomic E-state index is 0.177. The number of hydrogen-bond donors (Lipinski definition) is 0. The van der Waals surface area contributed by atoms with E-state index in [9.17, 15) is 9.59 Å². The van der Waals surface area contributed by atoms with Crippen molar-refractivity contribution in [3.8, 4) is 0 Å². The fourth-order valence-corrected chi connectivity index (χ4v) is 2.23. The highest BCUT2D eigenvalue weighted by molar-refractivity contribution is 5.81. The first-order chi connectivity index (χ1) is 8.54. The van der Waals surface area contributed by atoms with Gasteiger partial charge < -0.3 is 14.2 Å². The molecule has 1 heterocycles. The molecule has 0 amide bonds. The Morgan fingerprint density at radius 3 is 2.56 bits per heavy atom. The van der Waals surface area contributed by atoms with Crippen LogP contribution >= 0.6 is 0 Å². The van der Waals surface area contributed by atoms with Crippen molar-refractivity contribution >= 4 is 11.9 Å². The minimum Gasteiger partial charge on any atom is -0.466 e. The first-order valence-electron chi connectivity index (χ1n) is 6.51. The van der Waals surface area contributed by atoms with Gasteiger partial charge in [0, 0.05) is 12.5 Å². The first-order valence-corrected chi connectivity index (χ1v) is 6.51. The van der Waals surface area contributed by atoms with E-state index in [1.165, 1.54) is 0 Å². The highest BCUT2D eigenvalue weighted by Crippen LogP contribution is 2.34. The third kappa shape index (κ3) is 3.45. The smallest absolute Gasteiger partial charge is 0.338 e. The molecule has 2 atom stereocenters. The summed E-state index contributed by atoms with van der Waals surface area (Å²) in [4.78, 5) is 23.5. The van der Waals surface area contributed by atoms with E-state index >= 15 is 0 Å². The first kappa shape index (κ1) is 15.0. The summed E-state index contributed by atoms with van der Waals surface area (Å²) in [7, 11) is 0. The number of esters is 2. The molecule has 0 aromatic heterocycles. The van der Waals surface area contributed by atoms with E-state index in [1.54, 1.807) is 20.8 Å². The maximum absolute atomic E-state index is 12.0. The van der Waals surface area contributed by atoms with Crippen LogP contribution < -0.4 is 0 Å². The Labute approximate surface area is 108 Å². The molecule has 0 N–H and O–H groups in total. The number of carbonyl (C=O) groups excluding carboxylic acids is 2. The standard InChI is InChI=1S/C13H22O5/c1-4-16-11(14)9-10-7-6-8-18-13(10,3)12(15)17-5-2/h10H,4-9H2,1-3H3/t10-,13+/m0/s1. The summed E-state index contributed by atoms with van der Waals surface area (Å²) >= 11 is 0. The molecule has 0 aromatic carbocycles. The van der Waals surface area contributed by atoms with Crippen LogP contribution in [0.4, 0.5) is 0 Å². The number of hydrogen-bond acceptors (Lipinski definition) is 5. The van der Waals surface area contributed by atoms with E-state index in [1.807, 2.05) is 0 Å². The van der Waals surface area contributed by atoms with Gasteiger partial charge in [0.05, 0.1) is 19.6 Å². The molecule has 1 rings (SSSR count). The second-order valence-corrected chi connectivity index (χ2v) is 4.52. The fraction of sp³-hybridized carbons (Fsp3) is 0.846. The van der Waals surface area contributed by atoms with Crippen LogP contribution in [0.5, 0.6) is 0 Å². The Balaban J connectivity index is 2.72. The van der Waals surface area contributed by atoms with Gasteiger partial charge in [-0.05, 0) is 33.6 Å². The van der Waals surface area contributed by atoms with E-state index in [0.717, 1.165) is 12.8 Å². The lowest BCUT2D eigenvalue weighted by Crippen LogP contribution is -2.50. The summed E-state index contributed by atoms with van der Waals surface area (Å²) in [6.07, 6.45) is 1.82. The van der Waals surface area contributed by atoms with Crippen molar-refractivity contribution in [2.45, 2.75) is 45.6 Å². The SMILES string of the molecule is CCOC(=O)C[C@@H]1CCCO[C@@]1(C)C(=O)OCC. The van der Waals surface area contributed by atoms with Crippen LogP contribution in [0.15, 0.2) is 0 Å². The Morgan fingerprint density at radius 1 is 1.28 bits per heavy atom. The highest BCUT2D eigenvalue weighted by Gasteiger charge is 2.46. The van der Waals surface area contributed by atoms with Crippen molar-refractivity contribution in [2.75, 3.05) is 19.8 Å². The van der Waals surface area contributed by atoms with Crippen LogP contribution in [0, 0.1) is 5.92 Å². The van der Waals surface area contributed by atoms with Gasteiger partial charge in [-0.25, -0.2) is 4.79 Å². The van der Waals surface area contributed by atoms with E-state index in [-0.39, 0.29) is 24.3 Å². The van der Waals surface area contributed by atoms with Gasteiger partial charge in [-0.2, -0.15) is 0 Å². The van der Waals surface area contributed by atoms with Gasteiger partial charge >= 0.3 is 11.9 Å². The number of carbonyl (C=O) groups is 2. The second kappa shape index (κ2) is 6.73. The van der Waals surface area contributed by atoms with E-state index in [2.05, 4.69) is 0 Å². The molecule has 0 aromatic rings. The van der Waals surface area contributed by atoms with Crippen molar-refractivity contribution in [1.29, 1.82) is 0 Å². The molecule has 0 bridgehead atoms. The Bertz CT molecular complexity index is 302. The third-order valence-corrected chi connectivity index (χ3v) is 3.28. The normalized spacial score (nSPS) is 27.6. The van der Waals surface area contributed by atoms with Crippen LogP contribution in [0.3, 0.4) is 0 Å². The summed E-state index contributed by atoms with van der Waals surface area (Å²) in [5.41, 5.74) is -1.03. The summed E-state index contributed by atoms with van der Waals surface area (Å²) in [6, 6.07) is 0. The van der Waals surface area contributed by atoms with Crippen LogP contribution in [-0.2, 0) is 23.8 Å². The van der Waals surface area contributed by atoms with Crippen molar-refractivity contribution < 1.29 is 23.8 Å². The molecule has 1 aliphatic rings. The van der Waals surface area contributed by atoms with Gasteiger partial charge in [0.2, 0.25) is 0 Å². The van der Waals surface area contributed by atoms with Gasteiger partial charge in [-0.1, -0.05) is 0 Å². The molecule has 1 aliphatic heterocycles. The molecule has 0 saturated carbocycles. The summed E-state index contributed by atoms with van der Waals surface area (Å²) in [6.45, 7) is 6.40. The molecule has 0 aliphatic carbocycles. The molecule has 0 radical (unpaired) electrons. The topological polar surface area (TPSA) is 61.8 Å². The Morgan fingerprint density at radius 2 is 1.94 bits per heavy atom. The molecular weight excluding hydrogens is 236 g/mol. The maximum Gasteiger partial charge on any atom is 0.338 e. The molecule has 0 spiro atoms. The lowest BCUT2D eigenvalue weighted by Gasteiger charge is -2.38. The van der Waals surface area contributed by atoms with Gasteiger partial charge in [-0.3, -0.25) is 4.79 Å². The largest absolute Gasteiger partial charge is 0.466 e. The molecule has 18 heavy (non-hydrogen) atoms. The van der Waals surface area contributed by atoms with E-state index < -0.39 is 5.60 Å². The van der Waals surface area contributed by atoms with Crippen LogP contribution in [0.1, 0.15) is 40.0 Å². The molecule has 1 fully saturated rings. The zero-order valence-electron chi connectivity index (χ0n) is 11.4. The van der Waals surface area contributed by atoms with E-state index in [4.69, 9.17) is 14.2 Å². The quantitative estimate of drug-likeness (QED) is 0.702.